The first-order chi connectivity index (χ1) is 9.12. The number of hydrogen-bond acceptors (Lipinski definition) is 3. The highest BCUT2D eigenvalue weighted by molar-refractivity contribution is 5.85. The predicted molar refractivity (Wildman–Crippen MR) is 84.5 cm³/mol. The van der Waals surface area contributed by atoms with Gasteiger partial charge in [-0.15, -0.1) is 12.4 Å². The second-order valence-electron chi connectivity index (χ2n) is 4.62. The van der Waals surface area contributed by atoms with Gasteiger partial charge in [-0.05, 0) is 38.0 Å². The van der Waals surface area contributed by atoms with E-state index in [-0.39, 0.29) is 24.4 Å². The first kappa shape index (κ1) is 18.7. The molecular weight excluding hydrogens is 276 g/mol. The Morgan fingerprint density at radius 2 is 1.95 bits per heavy atom. The van der Waals surface area contributed by atoms with Gasteiger partial charge >= 0.3 is 0 Å². The molecule has 0 bridgehead atoms. The Kier molecular flexibility index (Phi) is 9.01. The normalized spacial score (nSPS) is 11.4. The lowest BCUT2D eigenvalue weighted by atomic mass is 10.1. The van der Waals surface area contributed by atoms with Crippen LogP contribution < -0.4 is 10.5 Å². The average molecular weight is 301 g/mol. The third kappa shape index (κ3) is 5.39. The van der Waals surface area contributed by atoms with Crippen molar-refractivity contribution in [2.24, 2.45) is 5.73 Å². The molecule has 0 saturated carbocycles. The van der Waals surface area contributed by atoms with E-state index in [1.807, 2.05) is 36.1 Å². The highest BCUT2D eigenvalue weighted by atomic mass is 35.5. The molecule has 0 radical (unpaired) electrons. The van der Waals surface area contributed by atoms with Gasteiger partial charge in [0.25, 0.3) is 0 Å². The van der Waals surface area contributed by atoms with Crippen molar-refractivity contribution in [3.63, 3.8) is 0 Å². The Hall–Kier alpha value is -1.26. The lowest BCUT2D eigenvalue weighted by molar-refractivity contribution is -0.132. The fraction of sp³-hybridized carbons (Fsp3) is 0.533. The molecule has 20 heavy (non-hydrogen) atoms. The number of hydrogen-bond donors (Lipinski definition) is 1. The van der Waals surface area contributed by atoms with E-state index in [0.29, 0.717) is 13.0 Å². The van der Waals surface area contributed by atoms with E-state index < -0.39 is 0 Å². The summed E-state index contributed by atoms with van der Waals surface area (Å²) in [7, 11) is 1.65. The highest BCUT2D eigenvalue weighted by Gasteiger charge is 2.17. The standard InChI is InChI=1S/C15H24N2O2.ClH/c1-4-17(15(18)9-10-16)12(2)11-13-5-7-14(19-3)8-6-13;/h5-8,12H,4,9-11,16H2,1-3H3;1H. The van der Waals surface area contributed by atoms with Gasteiger partial charge in [0.1, 0.15) is 5.75 Å². The Morgan fingerprint density at radius 3 is 2.40 bits per heavy atom. The molecular formula is C15H25ClN2O2. The highest BCUT2D eigenvalue weighted by Crippen LogP contribution is 2.15. The number of amides is 1. The number of carbonyl (C=O) groups is 1. The first-order valence-electron chi connectivity index (χ1n) is 6.74. The van der Waals surface area contributed by atoms with Crippen LogP contribution in [0, 0.1) is 0 Å². The number of nitrogens with zero attached hydrogens (tertiary/aromatic N) is 1. The molecule has 0 saturated heterocycles. The van der Waals surface area contributed by atoms with Crippen molar-refractivity contribution >= 4 is 18.3 Å². The molecule has 1 atom stereocenters. The maximum absolute atomic E-state index is 11.9. The monoisotopic (exact) mass is 300 g/mol. The van der Waals surface area contributed by atoms with Crippen LogP contribution in [-0.2, 0) is 11.2 Å². The van der Waals surface area contributed by atoms with E-state index in [1.54, 1.807) is 7.11 Å². The lowest BCUT2D eigenvalue weighted by Crippen LogP contribution is -2.40. The molecule has 0 heterocycles. The number of benzene rings is 1. The molecule has 2 N–H and O–H groups in total. The smallest absolute Gasteiger partial charge is 0.224 e. The molecule has 1 rings (SSSR count). The molecule has 1 unspecified atom stereocenters. The van der Waals surface area contributed by atoms with Crippen LogP contribution in [-0.4, -0.2) is 37.0 Å². The summed E-state index contributed by atoms with van der Waals surface area (Å²) in [5.41, 5.74) is 6.65. The number of ether oxygens (including phenoxy) is 1. The van der Waals surface area contributed by atoms with Crippen molar-refractivity contribution in [3.05, 3.63) is 29.8 Å². The fourth-order valence-electron chi connectivity index (χ4n) is 2.21. The van der Waals surface area contributed by atoms with Crippen LogP contribution in [0.1, 0.15) is 25.8 Å². The zero-order valence-corrected chi connectivity index (χ0v) is 13.3. The minimum Gasteiger partial charge on any atom is -0.497 e. The fourth-order valence-corrected chi connectivity index (χ4v) is 2.21. The minimum atomic E-state index is 0. The number of methoxy groups -OCH3 is 1. The molecule has 0 aromatic heterocycles. The van der Waals surface area contributed by atoms with Crippen LogP contribution in [0.3, 0.4) is 0 Å². The van der Waals surface area contributed by atoms with Crippen LogP contribution in [0.5, 0.6) is 5.75 Å². The molecule has 4 nitrogen and oxygen atoms in total. The van der Waals surface area contributed by atoms with Gasteiger partial charge in [-0.3, -0.25) is 4.79 Å². The average Bonchev–Trinajstić information content (AvgIpc) is 2.40. The van der Waals surface area contributed by atoms with Crippen molar-refractivity contribution in [2.75, 3.05) is 20.2 Å². The van der Waals surface area contributed by atoms with E-state index in [9.17, 15) is 4.79 Å². The minimum absolute atomic E-state index is 0. The summed E-state index contributed by atoms with van der Waals surface area (Å²) in [6, 6.07) is 8.14. The second kappa shape index (κ2) is 9.61. The summed E-state index contributed by atoms with van der Waals surface area (Å²) in [5, 5.41) is 0. The van der Waals surface area contributed by atoms with Crippen molar-refractivity contribution in [2.45, 2.75) is 32.7 Å². The molecule has 0 aliphatic carbocycles. The maximum Gasteiger partial charge on any atom is 0.224 e. The van der Waals surface area contributed by atoms with Gasteiger partial charge in [-0.25, -0.2) is 0 Å². The third-order valence-electron chi connectivity index (χ3n) is 3.24. The van der Waals surface area contributed by atoms with Gasteiger partial charge in [0.15, 0.2) is 0 Å². The topological polar surface area (TPSA) is 55.6 Å². The third-order valence-corrected chi connectivity index (χ3v) is 3.24. The van der Waals surface area contributed by atoms with E-state index in [4.69, 9.17) is 10.5 Å². The zero-order valence-electron chi connectivity index (χ0n) is 12.5. The Morgan fingerprint density at radius 1 is 1.35 bits per heavy atom. The van der Waals surface area contributed by atoms with Gasteiger partial charge in [0, 0.05) is 25.6 Å². The molecule has 114 valence electrons. The Balaban J connectivity index is 0.00000361. The molecule has 0 spiro atoms. The van der Waals surface area contributed by atoms with Gasteiger partial charge in [-0.2, -0.15) is 0 Å². The second-order valence-corrected chi connectivity index (χ2v) is 4.62. The summed E-state index contributed by atoms with van der Waals surface area (Å²) in [4.78, 5) is 13.8. The SMILES string of the molecule is CCN(C(=O)CCN)C(C)Cc1ccc(OC)cc1.Cl. The van der Waals surface area contributed by atoms with Gasteiger partial charge in [-0.1, -0.05) is 12.1 Å². The molecule has 1 amide bonds. The Bertz CT molecular complexity index is 395. The van der Waals surface area contributed by atoms with E-state index in [1.165, 1.54) is 5.56 Å². The van der Waals surface area contributed by atoms with Gasteiger partial charge in [0.2, 0.25) is 5.91 Å². The first-order valence-corrected chi connectivity index (χ1v) is 6.74. The molecule has 0 aliphatic heterocycles. The van der Waals surface area contributed by atoms with Crippen LogP contribution in [0.15, 0.2) is 24.3 Å². The maximum atomic E-state index is 11.9. The quantitative estimate of drug-likeness (QED) is 0.840. The van der Waals surface area contributed by atoms with Crippen LogP contribution in [0.2, 0.25) is 0 Å². The number of likely N-dealkylation sites (N-methyl/N-ethyl adjacent to an activating group) is 1. The lowest BCUT2D eigenvalue weighted by Gasteiger charge is -2.28. The summed E-state index contributed by atoms with van der Waals surface area (Å²) in [6.07, 6.45) is 1.26. The molecule has 5 heteroatoms. The van der Waals surface area contributed by atoms with Crippen molar-refractivity contribution in [3.8, 4) is 5.75 Å². The van der Waals surface area contributed by atoms with Crippen LogP contribution >= 0.6 is 12.4 Å². The molecule has 1 aromatic carbocycles. The number of carbonyl (C=O) groups excluding carboxylic acids is 1. The largest absolute Gasteiger partial charge is 0.497 e. The summed E-state index contributed by atoms with van der Waals surface area (Å²) < 4.78 is 5.13. The van der Waals surface area contributed by atoms with Crippen LogP contribution in [0.25, 0.3) is 0 Å². The van der Waals surface area contributed by atoms with Crippen molar-refractivity contribution in [1.82, 2.24) is 4.90 Å². The van der Waals surface area contributed by atoms with E-state index >= 15 is 0 Å². The summed E-state index contributed by atoms with van der Waals surface area (Å²) in [5.74, 6) is 0.981. The van der Waals surface area contributed by atoms with Gasteiger partial charge in [0.05, 0.1) is 7.11 Å². The van der Waals surface area contributed by atoms with Crippen molar-refractivity contribution in [1.29, 1.82) is 0 Å². The predicted octanol–water partition coefficient (Wildman–Crippen LogP) is 2.25. The molecule has 1 aromatic rings. The number of nitrogens with two attached hydrogens (primary N) is 1. The molecule has 0 aliphatic rings. The van der Waals surface area contributed by atoms with Gasteiger partial charge < -0.3 is 15.4 Å². The summed E-state index contributed by atoms with van der Waals surface area (Å²) in [6.45, 7) is 5.20. The Labute approximate surface area is 127 Å². The van der Waals surface area contributed by atoms with Crippen molar-refractivity contribution < 1.29 is 9.53 Å². The van der Waals surface area contributed by atoms with E-state index in [0.717, 1.165) is 18.7 Å². The number of halogens is 1. The van der Waals surface area contributed by atoms with Crippen LogP contribution in [0.4, 0.5) is 0 Å². The zero-order chi connectivity index (χ0) is 14.3. The number of rotatable bonds is 7. The molecule has 0 fully saturated rings. The van der Waals surface area contributed by atoms with E-state index in [2.05, 4.69) is 6.92 Å². The summed E-state index contributed by atoms with van der Waals surface area (Å²) >= 11 is 0.